The fraction of sp³-hybridized carbons (Fsp3) is 0.286. The van der Waals surface area contributed by atoms with E-state index in [4.69, 9.17) is 4.74 Å². The van der Waals surface area contributed by atoms with Gasteiger partial charge >= 0.3 is 0 Å². The summed E-state index contributed by atoms with van der Waals surface area (Å²) >= 11 is 1.28. The Labute approximate surface area is 173 Å². The van der Waals surface area contributed by atoms with E-state index in [-0.39, 0.29) is 17.5 Å². The number of thioether (sulfide) groups is 1. The zero-order valence-electron chi connectivity index (χ0n) is 16.2. The van der Waals surface area contributed by atoms with Gasteiger partial charge in [-0.1, -0.05) is 54.2 Å². The smallest absolute Gasteiger partial charge is 0.230 e. The largest absolute Gasteiger partial charge is 0.385 e. The summed E-state index contributed by atoms with van der Waals surface area (Å²) in [6.07, 6.45) is 0.758. The van der Waals surface area contributed by atoms with E-state index in [1.54, 1.807) is 25.3 Å². The van der Waals surface area contributed by atoms with Gasteiger partial charge in [0, 0.05) is 20.3 Å². The summed E-state index contributed by atoms with van der Waals surface area (Å²) < 4.78 is 21.2. The molecule has 0 aliphatic carbocycles. The highest BCUT2D eigenvalue weighted by Gasteiger charge is 2.18. The van der Waals surface area contributed by atoms with Crippen molar-refractivity contribution in [3.8, 4) is 11.4 Å². The first-order valence-electron chi connectivity index (χ1n) is 9.29. The summed E-state index contributed by atoms with van der Waals surface area (Å²) in [5.74, 6) is 0.196. The number of aromatic nitrogens is 3. The molecule has 3 aromatic rings. The van der Waals surface area contributed by atoms with Gasteiger partial charge in [0.15, 0.2) is 11.0 Å². The SMILES string of the molecule is COCCCNC(=O)CSc1nnc(-c2ccccc2F)n1Cc1ccccc1. The van der Waals surface area contributed by atoms with Gasteiger partial charge < -0.3 is 10.1 Å². The number of nitrogens with zero attached hydrogens (tertiary/aromatic N) is 3. The molecule has 0 unspecified atom stereocenters. The monoisotopic (exact) mass is 414 g/mol. The van der Waals surface area contributed by atoms with Crippen molar-refractivity contribution in [2.45, 2.75) is 18.1 Å². The van der Waals surface area contributed by atoms with Crippen LogP contribution < -0.4 is 5.32 Å². The van der Waals surface area contributed by atoms with Crippen molar-refractivity contribution < 1.29 is 13.9 Å². The third kappa shape index (κ3) is 5.88. The zero-order chi connectivity index (χ0) is 20.5. The second-order valence-corrected chi connectivity index (χ2v) is 7.29. The van der Waals surface area contributed by atoms with Gasteiger partial charge in [-0.25, -0.2) is 4.39 Å². The van der Waals surface area contributed by atoms with E-state index in [1.165, 1.54) is 17.8 Å². The van der Waals surface area contributed by atoms with E-state index in [9.17, 15) is 9.18 Å². The number of hydrogen-bond acceptors (Lipinski definition) is 5. The predicted molar refractivity (Wildman–Crippen MR) is 111 cm³/mol. The number of benzene rings is 2. The van der Waals surface area contributed by atoms with E-state index in [0.717, 1.165) is 12.0 Å². The zero-order valence-corrected chi connectivity index (χ0v) is 17.0. The Morgan fingerprint density at radius 3 is 2.66 bits per heavy atom. The minimum Gasteiger partial charge on any atom is -0.385 e. The normalized spacial score (nSPS) is 10.8. The van der Waals surface area contributed by atoms with Crippen LogP contribution in [0.15, 0.2) is 59.8 Å². The van der Waals surface area contributed by atoms with Crippen molar-refractivity contribution in [1.29, 1.82) is 0 Å². The Bertz CT molecular complexity index is 933. The molecule has 152 valence electrons. The number of rotatable bonds is 10. The van der Waals surface area contributed by atoms with Gasteiger partial charge in [0.05, 0.1) is 17.9 Å². The molecule has 0 saturated heterocycles. The Morgan fingerprint density at radius 1 is 1.14 bits per heavy atom. The molecule has 2 aromatic carbocycles. The number of carbonyl (C=O) groups excluding carboxylic acids is 1. The van der Waals surface area contributed by atoms with E-state index < -0.39 is 0 Å². The standard InChI is InChI=1S/C21H23FN4O2S/c1-28-13-7-12-23-19(27)15-29-21-25-24-20(17-10-5-6-11-18(17)22)26(21)14-16-8-3-2-4-9-16/h2-6,8-11H,7,12-15H2,1H3,(H,23,27). The Balaban J connectivity index is 1.78. The lowest BCUT2D eigenvalue weighted by Crippen LogP contribution is -2.27. The maximum absolute atomic E-state index is 14.4. The van der Waals surface area contributed by atoms with E-state index in [1.807, 2.05) is 34.9 Å². The lowest BCUT2D eigenvalue weighted by Gasteiger charge is -2.11. The number of amides is 1. The van der Waals surface area contributed by atoms with Crippen LogP contribution in [0, 0.1) is 5.82 Å². The molecule has 0 spiro atoms. The maximum Gasteiger partial charge on any atom is 0.230 e. The maximum atomic E-state index is 14.4. The number of methoxy groups -OCH3 is 1. The predicted octanol–water partition coefficient (Wildman–Crippen LogP) is 3.38. The van der Waals surface area contributed by atoms with Gasteiger partial charge in [0.2, 0.25) is 5.91 Å². The number of carbonyl (C=O) groups is 1. The highest BCUT2D eigenvalue weighted by atomic mass is 32.2. The van der Waals surface area contributed by atoms with E-state index >= 15 is 0 Å². The van der Waals surface area contributed by atoms with Crippen molar-refractivity contribution in [1.82, 2.24) is 20.1 Å². The van der Waals surface area contributed by atoms with Crippen LogP contribution in [0.5, 0.6) is 0 Å². The number of halogens is 1. The molecule has 0 fully saturated rings. The quantitative estimate of drug-likeness (QED) is 0.407. The van der Waals surface area contributed by atoms with Crippen LogP contribution >= 0.6 is 11.8 Å². The van der Waals surface area contributed by atoms with Crippen LogP contribution in [0.25, 0.3) is 11.4 Å². The third-order valence-electron chi connectivity index (χ3n) is 4.19. The van der Waals surface area contributed by atoms with Gasteiger partial charge in [-0.15, -0.1) is 10.2 Å². The molecule has 0 bridgehead atoms. The fourth-order valence-electron chi connectivity index (χ4n) is 2.77. The molecule has 0 aliphatic heterocycles. The van der Waals surface area contributed by atoms with Crippen LogP contribution in [-0.4, -0.2) is 46.7 Å². The molecule has 1 aromatic heterocycles. The lowest BCUT2D eigenvalue weighted by atomic mass is 10.2. The molecular formula is C21H23FN4O2S. The molecule has 8 heteroatoms. The molecule has 29 heavy (non-hydrogen) atoms. The van der Waals surface area contributed by atoms with E-state index in [0.29, 0.717) is 36.2 Å². The summed E-state index contributed by atoms with van der Waals surface area (Å²) in [6.45, 7) is 1.64. The fourth-order valence-corrected chi connectivity index (χ4v) is 3.54. The summed E-state index contributed by atoms with van der Waals surface area (Å²) in [5.41, 5.74) is 1.42. The van der Waals surface area contributed by atoms with Gasteiger partial charge in [0.25, 0.3) is 0 Å². The summed E-state index contributed by atoms with van der Waals surface area (Å²) in [6, 6.07) is 16.3. The molecular weight excluding hydrogens is 391 g/mol. The number of hydrogen-bond donors (Lipinski definition) is 1. The first-order chi connectivity index (χ1) is 14.2. The van der Waals surface area contributed by atoms with Gasteiger partial charge in [0.1, 0.15) is 5.82 Å². The third-order valence-corrected chi connectivity index (χ3v) is 5.16. The molecule has 0 radical (unpaired) electrons. The van der Waals surface area contributed by atoms with Crippen molar-refractivity contribution in [2.24, 2.45) is 0 Å². The van der Waals surface area contributed by atoms with Crippen LogP contribution in [0.4, 0.5) is 4.39 Å². The van der Waals surface area contributed by atoms with Gasteiger partial charge in [-0.05, 0) is 24.1 Å². The lowest BCUT2D eigenvalue weighted by molar-refractivity contribution is -0.118. The van der Waals surface area contributed by atoms with Gasteiger partial charge in [-0.2, -0.15) is 0 Å². The molecule has 1 N–H and O–H groups in total. The second-order valence-electron chi connectivity index (χ2n) is 6.34. The highest BCUT2D eigenvalue weighted by molar-refractivity contribution is 7.99. The van der Waals surface area contributed by atoms with Crippen molar-refractivity contribution in [2.75, 3.05) is 26.0 Å². The molecule has 1 heterocycles. The first-order valence-corrected chi connectivity index (χ1v) is 10.3. The van der Waals surface area contributed by atoms with Crippen LogP contribution in [-0.2, 0) is 16.1 Å². The topological polar surface area (TPSA) is 69.0 Å². The summed E-state index contributed by atoms with van der Waals surface area (Å²) in [5, 5.41) is 11.8. The van der Waals surface area contributed by atoms with E-state index in [2.05, 4.69) is 15.5 Å². The second kappa shape index (κ2) is 10.7. The molecule has 3 rings (SSSR count). The first kappa shape index (κ1) is 21.0. The summed E-state index contributed by atoms with van der Waals surface area (Å²) in [7, 11) is 1.63. The molecule has 0 aliphatic rings. The van der Waals surface area contributed by atoms with Gasteiger partial charge in [-0.3, -0.25) is 9.36 Å². The highest BCUT2D eigenvalue weighted by Crippen LogP contribution is 2.26. The average molecular weight is 415 g/mol. The van der Waals surface area contributed by atoms with Crippen LogP contribution in [0.2, 0.25) is 0 Å². The number of nitrogens with one attached hydrogen (secondary N) is 1. The number of ether oxygens (including phenoxy) is 1. The summed E-state index contributed by atoms with van der Waals surface area (Å²) in [4.78, 5) is 12.1. The van der Waals surface area contributed by atoms with Crippen LogP contribution in [0.3, 0.4) is 0 Å². The van der Waals surface area contributed by atoms with Crippen molar-refractivity contribution in [3.05, 3.63) is 66.0 Å². The van der Waals surface area contributed by atoms with Crippen LogP contribution in [0.1, 0.15) is 12.0 Å². The average Bonchev–Trinajstić information content (AvgIpc) is 3.13. The minimum atomic E-state index is -0.360. The molecule has 0 atom stereocenters. The molecule has 0 saturated carbocycles. The molecule has 1 amide bonds. The Morgan fingerprint density at radius 2 is 1.90 bits per heavy atom. The Kier molecular flexibility index (Phi) is 7.77. The molecule has 6 nitrogen and oxygen atoms in total. The Hall–Kier alpha value is -2.71. The van der Waals surface area contributed by atoms with Crippen molar-refractivity contribution >= 4 is 17.7 Å². The van der Waals surface area contributed by atoms with Crippen molar-refractivity contribution in [3.63, 3.8) is 0 Å². The minimum absolute atomic E-state index is 0.0900.